The van der Waals surface area contributed by atoms with Gasteiger partial charge in [-0.15, -0.1) is 0 Å². The number of nitrogens with zero attached hydrogens (tertiary/aromatic N) is 2. The fourth-order valence-corrected chi connectivity index (χ4v) is 10.4. The molecule has 0 unspecified atom stereocenters. The minimum atomic E-state index is 0.897. The van der Waals surface area contributed by atoms with Crippen molar-refractivity contribution in [1.29, 1.82) is 0 Å². The van der Waals surface area contributed by atoms with E-state index in [1.165, 1.54) is 44.1 Å². The molecule has 13 rings (SSSR count). The lowest BCUT2D eigenvalue weighted by Crippen LogP contribution is -2.11. The van der Waals surface area contributed by atoms with Crippen LogP contribution in [0, 0.1) is 0 Å². The largest absolute Gasteiger partial charge is 0.455 e. The van der Waals surface area contributed by atoms with Crippen LogP contribution in [0.2, 0.25) is 0 Å². The summed E-state index contributed by atoms with van der Waals surface area (Å²) in [6.07, 6.45) is 0. The SMILES string of the molecule is c1ccc(-c2cccc(-c3ccc(N(c4ccc(-c5cccc6c5oc5ccccc56)cc4)c4ccccc4-c4cccc(-c5ccccc5-n5c6ccccc6c6ccccc65)c4)cc3)c2)cc1. The zero-order valence-electron chi connectivity index (χ0n) is 37.7. The highest BCUT2D eigenvalue weighted by molar-refractivity contribution is 6.11. The maximum atomic E-state index is 6.50. The highest BCUT2D eigenvalue weighted by Crippen LogP contribution is 2.44. The number of hydrogen-bond donors (Lipinski definition) is 0. The third-order valence-corrected chi connectivity index (χ3v) is 13.6. The monoisotopic (exact) mass is 880 g/mol. The summed E-state index contributed by atoms with van der Waals surface area (Å²) in [6, 6.07) is 96.1. The van der Waals surface area contributed by atoms with E-state index in [1.807, 2.05) is 12.1 Å². The fraction of sp³-hybridized carbons (Fsp3) is 0. The second-order valence-corrected chi connectivity index (χ2v) is 17.6. The molecule has 3 heteroatoms. The van der Waals surface area contributed by atoms with E-state index < -0.39 is 0 Å². The zero-order chi connectivity index (χ0) is 45.7. The van der Waals surface area contributed by atoms with Gasteiger partial charge in [0, 0.05) is 49.6 Å². The predicted octanol–water partition coefficient (Wildman–Crippen LogP) is 18.5. The van der Waals surface area contributed by atoms with Crippen molar-refractivity contribution in [3.8, 4) is 61.3 Å². The van der Waals surface area contributed by atoms with Crippen LogP contribution < -0.4 is 4.90 Å². The van der Waals surface area contributed by atoms with Gasteiger partial charge in [0.2, 0.25) is 0 Å². The van der Waals surface area contributed by atoms with Crippen LogP contribution in [0.5, 0.6) is 0 Å². The van der Waals surface area contributed by atoms with Gasteiger partial charge in [-0.05, 0) is 106 Å². The van der Waals surface area contributed by atoms with E-state index in [0.717, 1.165) is 78.1 Å². The first-order chi connectivity index (χ1) is 34.2. The van der Waals surface area contributed by atoms with Gasteiger partial charge < -0.3 is 13.9 Å². The second kappa shape index (κ2) is 16.9. The molecule has 13 aromatic rings. The quantitative estimate of drug-likeness (QED) is 0.144. The van der Waals surface area contributed by atoms with Crippen molar-refractivity contribution in [3.63, 3.8) is 0 Å². The number of fused-ring (bicyclic) bond motifs is 6. The Bertz CT molecular complexity index is 3960. The average molecular weight is 881 g/mol. The van der Waals surface area contributed by atoms with E-state index in [9.17, 15) is 0 Å². The van der Waals surface area contributed by atoms with Gasteiger partial charge in [0.25, 0.3) is 0 Å². The maximum Gasteiger partial charge on any atom is 0.143 e. The Balaban J connectivity index is 0.931. The lowest BCUT2D eigenvalue weighted by atomic mass is 9.96. The molecule has 0 bridgehead atoms. The number of aromatic nitrogens is 1. The normalized spacial score (nSPS) is 11.5. The number of hydrogen-bond acceptors (Lipinski definition) is 2. The van der Waals surface area contributed by atoms with E-state index in [0.29, 0.717) is 0 Å². The summed E-state index contributed by atoms with van der Waals surface area (Å²) < 4.78 is 8.91. The minimum absolute atomic E-state index is 0.897. The number of anilines is 3. The third-order valence-electron chi connectivity index (χ3n) is 13.6. The summed E-state index contributed by atoms with van der Waals surface area (Å²) in [4.78, 5) is 2.39. The molecule has 0 aliphatic heterocycles. The van der Waals surface area contributed by atoms with Crippen molar-refractivity contribution < 1.29 is 4.42 Å². The average Bonchev–Trinajstić information content (AvgIpc) is 3.98. The topological polar surface area (TPSA) is 21.3 Å². The van der Waals surface area contributed by atoms with Gasteiger partial charge in [-0.3, -0.25) is 0 Å². The van der Waals surface area contributed by atoms with E-state index in [4.69, 9.17) is 4.42 Å². The molecule has 3 nitrogen and oxygen atoms in total. The minimum Gasteiger partial charge on any atom is -0.455 e. The fourth-order valence-electron chi connectivity index (χ4n) is 10.4. The van der Waals surface area contributed by atoms with E-state index >= 15 is 0 Å². The molecule has 0 saturated heterocycles. The van der Waals surface area contributed by atoms with Gasteiger partial charge in [0.1, 0.15) is 11.2 Å². The summed E-state index contributed by atoms with van der Waals surface area (Å²) in [5.41, 5.74) is 20.0. The second-order valence-electron chi connectivity index (χ2n) is 17.6. The van der Waals surface area contributed by atoms with Crippen LogP contribution in [0.25, 0.3) is 105 Å². The molecule has 0 radical (unpaired) electrons. The molecule has 324 valence electrons. The lowest BCUT2D eigenvalue weighted by molar-refractivity contribution is 0.670. The summed E-state index contributed by atoms with van der Waals surface area (Å²) >= 11 is 0. The lowest BCUT2D eigenvalue weighted by Gasteiger charge is -2.28. The highest BCUT2D eigenvalue weighted by atomic mass is 16.3. The Morgan fingerprint density at radius 1 is 0.290 bits per heavy atom. The summed E-state index contributed by atoms with van der Waals surface area (Å²) in [5.74, 6) is 0. The molecular weight excluding hydrogens is 837 g/mol. The Hall–Kier alpha value is -9.18. The molecule has 11 aromatic carbocycles. The molecule has 0 N–H and O–H groups in total. The number of benzene rings is 11. The van der Waals surface area contributed by atoms with E-state index in [-0.39, 0.29) is 0 Å². The van der Waals surface area contributed by atoms with E-state index in [2.05, 4.69) is 264 Å². The summed E-state index contributed by atoms with van der Waals surface area (Å²) in [6.45, 7) is 0. The van der Waals surface area contributed by atoms with Crippen LogP contribution in [0.15, 0.2) is 271 Å². The maximum absolute atomic E-state index is 6.50. The number of rotatable bonds is 9. The Labute approximate surface area is 401 Å². The molecule has 0 fully saturated rings. The van der Waals surface area contributed by atoms with Gasteiger partial charge in [-0.1, -0.05) is 200 Å². The zero-order valence-corrected chi connectivity index (χ0v) is 37.7. The van der Waals surface area contributed by atoms with Crippen molar-refractivity contribution in [2.45, 2.75) is 0 Å². The van der Waals surface area contributed by atoms with Crippen LogP contribution >= 0.6 is 0 Å². The van der Waals surface area contributed by atoms with Gasteiger partial charge in [0.05, 0.1) is 22.4 Å². The van der Waals surface area contributed by atoms with Gasteiger partial charge in [-0.25, -0.2) is 0 Å². The molecule has 69 heavy (non-hydrogen) atoms. The number of furan rings is 1. The Morgan fingerprint density at radius 2 is 0.754 bits per heavy atom. The first-order valence-electron chi connectivity index (χ1n) is 23.6. The molecule has 0 saturated carbocycles. The summed E-state index contributed by atoms with van der Waals surface area (Å²) in [5, 5.41) is 4.75. The van der Waals surface area contributed by atoms with Crippen molar-refractivity contribution in [2.75, 3.05) is 4.90 Å². The van der Waals surface area contributed by atoms with Crippen LogP contribution in [-0.4, -0.2) is 4.57 Å². The third kappa shape index (κ3) is 7.08. The molecule has 0 amide bonds. The standard InChI is InChI=1S/C66H44N2O/c1-2-17-45(18-3-1)48-19-14-20-49(43-48)46-35-39-52(40-36-46)67(53-41-37-47(38-42-53)56-28-16-29-60-59-27-8-13-34-65(59)69-66(56)60)61-30-9-4-23-54(61)50-21-15-22-51(44-50)55-24-5-10-31-62(55)68-63-32-11-6-25-57(63)58-26-7-12-33-64(58)68/h1-44H. The molecule has 0 spiro atoms. The van der Waals surface area contributed by atoms with E-state index in [1.54, 1.807) is 0 Å². The van der Waals surface area contributed by atoms with Crippen molar-refractivity contribution >= 4 is 60.8 Å². The number of para-hydroxylation sites is 6. The van der Waals surface area contributed by atoms with Gasteiger partial charge in [-0.2, -0.15) is 0 Å². The van der Waals surface area contributed by atoms with Crippen LogP contribution in [0.1, 0.15) is 0 Å². The molecule has 2 heterocycles. The molecule has 2 aromatic heterocycles. The first kappa shape index (κ1) is 40.1. The highest BCUT2D eigenvalue weighted by Gasteiger charge is 2.20. The Morgan fingerprint density at radius 3 is 1.46 bits per heavy atom. The van der Waals surface area contributed by atoms with Crippen LogP contribution in [-0.2, 0) is 0 Å². The van der Waals surface area contributed by atoms with Crippen LogP contribution in [0.4, 0.5) is 17.1 Å². The summed E-state index contributed by atoms with van der Waals surface area (Å²) in [7, 11) is 0. The van der Waals surface area contributed by atoms with Crippen molar-refractivity contribution in [3.05, 3.63) is 267 Å². The molecule has 0 aliphatic carbocycles. The molecule has 0 atom stereocenters. The van der Waals surface area contributed by atoms with Gasteiger partial charge >= 0.3 is 0 Å². The molecule has 0 aliphatic rings. The smallest absolute Gasteiger partial charge is 0.143 e. The van der Waals surface area contributed by atoms with Crippen molar-refractivity contribution in [1.82, 2.24) is 4.57 Å². The molecular formula is C66H44N2O. The Kier molecular flexibility index (Phi) is 9.84. The first-order valence-corrected chi connectivity index (χ1v) is 23.6. The van der Waals surface area contributed by atoms with Crippen molar-refractivity contribution in [2.24, 2.45) is 0 Å². The van der Waals surface area contributed by atoms with Crippen LogP contribution in [0.3, 0.4) is 0 Å². The predicted molar refractivity (Wildman–Crippen MR) is 290 cm³/mol. The van der Waals surface area contributed by atoms with Gasteiger partial charge in [0.15, 0.2) is 0 Å².